The summed E-state index contributed by atoms with van der Waals surface area (Å²) in [5, 5.41) is 7.37. The van der Waals surface area contributed by atoms with E-state index in [1.165, 1.54) is 11.1 Å². The Bertz CT molecular complexity index is 530. The van der Waals surface area contributed by atoms with E-state index in [0.29, 0.717) is 5.11 Å². The summed E-state index contributed by atoms with van der Waals surface area (Å²) in [5.74, 6) is 0. The molecule has 0 radical (unpaired) electrons. The second-order valence-corrected chi connectivity index (χ2v) is 5.87. The lowest BCUT2D eigenvalue weighted by Gasteiger charge is -2.22. The summed E-state index contributed by atoms with van der Waals surface area (Å²) >= 11 is 5.44. The van der Waals surface area contributed by atoms with Gasteiger partial charge in [-0.3, -0.25) is 0 Å². The molecule has 2 aromatic carbocycles. The average Bonchev–Trinajstić information content (AvgIpc) is 2.54. The van der Waals surface area contributed by atoms with Crippen molar-refractivity contribution in [2.24, 2.45) is 0 Å². The SMILES string of the molecule is CN(C)CCNC(=S)NC(c1ccccc1)c1ccccc1. The molecule has 0 spiro atoms. The molecule has 0 bridgehead atoms. The van der Waals surface area contributed by atoms with Gasteiger partial charge in [-0.25, -0.2) is 0 Å². The Morgan fingerprint density at radius 2 is 1.45 bits per heavy atom. The predicted molar refractivity (Wildman–Crippen MR) is 97.0 cm³/mol. The van der Waals surface area contributed by atoms with E-state index >= 15 is 0 Å². The zero-order valence-corrected chi connectivity index (χ0v) is 13.9. The lowest BCUT2D eigenvalue weighted by atomic mass is 9.99. The highest BCUT2D eigenvalue weighted by Gasteiger charge is 2.14. The molecule has 0 aliphatic rings. The van der Waals surface area contributed by atoms with Crippen LogP contribution in [0.4, 0.5) is 0 Å². The molecule has 0 atom stereocenters. The van der Waals surface area contributed by atoms with Gasteiger partial charge >= 0.3 is 0 Å². The molecule has 116 valence electrons. The van der Waals surface area contributed by atoms with E-state index in [4.69, 9.17) is 12.2 Å². The number of thiocarbonyl (C=S) groups is 1. The first kappa shape index (κ1) is 16.5. The minimum atomic E-state index is 0.0572. The molecule has 22 heavy (non-hydrogen) atoms. The molecule has 0 amide bonds. The molecule has 0 aliphatic heterocycles. The Kier molecular flexibility index (Phi) is 6.37. The van der Waals surface area contributed by atoms with Gasteiger partial charge in [0.15, 0.2) is 5.11 Å². The number of nitrogens with one attached hydrogen (secondary N) is 2. The summed E-state index contributed by atoms with van der Waals surface area (Å²) in [6.07, 6.45) is 0. The fourth-order valence-electron chi connectivity index (χ4n) is 2.23. The van der Waals surface area contributed by atoms with Crippen LogP contribution in [0.25, 0.3) is 0 Å². The molecule has 0 aliphatic carbocycles. The molecule has 2 N–H and O–H groups in total. The second kappa shape index (κ2) is 8.51. The van der Waals surface area contributed by atoms with Crippen molar-refractivity contribution in [2.75, 3.05) is 27.2 Å². The molecule has 3 nitrogen and oxygen atoms in total. The molecule has 2 aromatic rings. The van der Waals surface area contributed by atoms with Crippen molar-refractivity contribution in [3.8, 4) is 0 Å². The van der Waals surface area contributed by atoms with E-state index in [2.05, 4.69) is 78.2 Å². The van der Waals surface area contributed by atoms with Crippen LogP contribution in [0.2, 0.25) is 0 Å². The molecule has 0 saturated heterocycles. The maximum Gasteiger partial charge on any atom is 0.167 e. The van der Waals surface area contributed by atoms with E-state index in [0.717, 1.165) is 13.1 Å². The summed E-state index contributed by atoms with van der Waals surface area (Å²) in [7, 11) is 4.10. The van der Waals surface area contributed by atoms with Crippen molar-refractivity contribution in [3.63, 3.8) is 0 Å². The fraction of sp³-hybridized carbons (Fsp3) is 0.278. The minimum Gasteiger partial charge on any atom is -0.361 e. The number of hydrogen-bond acceptors (Lipinski definition) is 2. The van der Waals surface area contributed by atoms with Gasteiger partial charge in [-0.15, -0.1) is 0 Å². The van der Waals surface area contributed by atoms with Gasteiger partial charge in [-0.2, -0.15) is 0 Å². The maximum absolute atomic E-state index is 5.44. The highest BCUT2D eigenvalue weighted by molar-refractivity contribution is 7.80. The highest BCUT2D eigenvalue weighted by atomic mass is 32.1. The van der Waals surface area contributed by atoms with Crippen molar-refractivity contribution < 1.29 is 0 Å². The number of likely N-dealkylation sites (N-methyl/N-ethyl adjacent to an activating group) is 1. The minimum absolute atomic E-state index is 0.0572. The molecule has 0 saturated carbocycles. The van der Waals surface area contributed by atoms with Gasteiger partial charge in [-0.1, -0.05) is 60.7 Å². The van der Waals surface area contributed by atoms with Crippen molar-refractivity contribution in [1.82, 2.24) is 15.5 Å². The lowest BCUT2D eigenvalue weighted by Crippen LogP contribution is -2.40. The molecule has 2 rings (SSSR count). The van der Waals surface area contributed by atoms with Gasteiger partial charge in [0.1, 0.15) is 0 Å². The van der Waals surface area contributed by atoms with Crippen LogP contribution < -0.4 is 10.6 Å². The number of benzene rings is 2. The Balaban J connectivity index is 2.08. The Morgan fingerprint density at radius 1 is 0.955 bits per heavy atom. The van der Waals surface area contributed by atoms with Crippen molar-refractivity contribution in [3.05, 3.63) is 71.8 Å². The van der Waals surface area contributed by atoms with Gasteiger partial charge in [0, 0.05) is 13.1 Å². The van der Waals surface area contributed by atoms with Gasteiger partial charge in [0.2, 0.25) is 0 Å². The molecule has 0 heterocycles. The zero-order valence-electron chi connectivity index (χ0n) is 13.1. The van der Waals surface area contributed by atoms with Gasteiger partial charge < -0.3 is 15.5 Å². The monoisotopic (exact) mass is 313 g/mol. The number of nitrogens with zero attached hydrogens (tertiary/aromatic N) is 1. The standard InChI is InChI=1S/C18H23N3S/c1-21(2)14-13-19-18(22)20-17(15-9-5-3-6-10-15)16-11-7-4-8-12-16/h3-12,17H,13-14H2,1-2H3,(H2,19,20,22). The van der Waals surface area contributed by atoms with Crippen LogP contribution in [0.5, 0.6) is 0 Å². The third kappa shape index (κ3) is 5.13. The molecular formula is C18H23N3S. The van der Waals surface area contributed by atoms with Gasteiger partial charge in [0.05, 0.1) is 6.04 Å². The van der Waals surface area contributed by atoms with Crippen molar-refractivity contribution in [1.29, 1.82) is 0 Å². The molecule has 4 heteroatoms. The van der Waals surface area contributed by atoms with E-state index in [1.807, 2.05) is 12.1 Å². The Labute approximate surface area is 138 Å². The summed E-state index contributed by atoms with van der Waals surface area (Å²) in [6.45, 7) is 1.78. The van der Waals surface area contributed by atoms with Crippen LogP contribution >= 0.6 is 12.2 Å². The third-order valence-electron chi connectivity index (χ3n) is 3.39. The Hall–Kier alpha value is -1.91. The Morgan fingerprint density at radius 3 is 1.91 bits per heavy atom. The molecular weight excluding hydrogens is 290 g/mol. The quantitative estimate of drug-likeness (QED) is 0.802. The second-order valence-electron chi connectivity index (χ2n) is 5.46. The smallest absolute Gasteiger partial charge is 0.167 e. The summed E-state index contributed by atoms with van der Waals surface area (Å²) < 4.78 is 0. The zero-order chi connectivity index (χ0) is 15.8. The summed E-state index contributed by atoms with van der Waals surface area (Å²) in [6, 6.07) is 20.8. The largest absolute Gasteiger partial charge is 0.361 e. The van der Waals surface area contributed by atoms with E-state index in [1.54, 1.807) is 0 Å². The fourth-order valence-corrected chi connectivity index (χ4v) is 2.45. The highest BCUT2D eigenvalue weighted by Crippen LogP contribution is 2.21. The summed E-state index contributed by atoms with van der Waals surface area (Å²) in [5.41, 5.74) is 2.40. The van der Waals surface area contributed by atoms with Gasteiger partial charge in [-0.05, 0) is 37.4 Å². The normalized spacial score (nSPS) is 10.7. The maximum atomic E-state index is 5.44. The summed E-state index contributed by atoms with van der Waals surface area (Å²) in [4.78, 5) is 2.13. The van der Waals surface area contributed by atoms with E-state index in [-0.39, 0.29) is 6.04 Å². The molecule has 0 unspecified atom stereocenters. The lowest BCUT2D eigenvalue weighted by molar-refractivity contribution is 0.412. The third-order valence-corrected chi connectivity index (χ3v) is 3.65. The van der Waals surface area contributed by atoms with Crippen molar-refractivity contribution >= 4 is 17.3 Å². The molecule has 0 aromatic heterocycles. The average molecular weight is 313 g/mol. The van der Waals surface area contributed by atoms with Crippen molar-refractivity contribution in [2.45, 2.75) is 6.04 Å². The molecule has 0 fully saturated rings. The van der Waals surface area contributed by atoms with E-state index in [9.17, 15) is 0 Å². The van der Waals surface area contributed by atoms with Crippen LogP contribution in [0.1, 0.15) is 17.2 Å². The van der Waals surface area contributed by atoms with Gasteiger partial charge in [0.25, 0.3) is 0 Å². The predicted octanol–water partition coefficient (Wildman–Crippen LogP) is 2.80. The van der Waals surface area contributed by atoms with Crippen LogP contribution in [0, 0.1) is 0 Å². The first-order chi connectivity index (χ1) is 10.7. The number of rotatable bonds is 6. The van der Waals surface area contributed by atoms with E-state index < -0.39 is 0 Å². The topological polar surface area (TPSA) is 27.3 Å². The van der Waals surface area contributed by atoms with Crippen LogP contribution in [0.3, 0.4) is 0 Å². The van der Waals surface area contributed by atoms with Crippen LogP contribution in [0.15, 0.2) is 60.7 Å². The number of hydrogen-bond donors (Lipinski definition) is 2. The first-order valence-corrected chi connectivity index (χ1v) is 7.86. The first-order valence-electron chi connectivity index (χ1n) is 7.46. The van der Waals surface area contributed by atoms with Crippen LogP contribution in [-0.2, 0) is 0 Å². The van der Waals surface area contributed by atoms with Crippen LogP contribution in [-0.4, -0.2) is 37.2 Å².